The molecule has 0 saturated carbocycles. The van der Waals surface area contributed by atoms with Crippen LogP contribution >= 0.6 is 0 Å². The number of hydrogen-bond acceptors (Lipinski definition) is 7. The molecule has 0 bridgehead atoms. The van der Waals surface area contributed by atoms with E-state index in [9.17, 15) is 4.79 Å². The van der Waals surface area contributed by atoms with Crippen molar-refractivity contribution in [3.8, 4) is 0 Å². The fourth-order valence-electron chi connectivity index (χ4n) is 0.997. The maximum absolute atomic E-state index is 9.87. The first-order valence-corrected chi connectivity index (χ1v) is 3.54. The molecule has 0 aromatic rings. The molecule has 1 aliphatic heterocycles. The van der Waals surface area contributed by atoms with Crippen molar-refractivity contribution in [1.29, 1.82) is 0 Å². The lowest BCUT2D eigenvalue weighted by atomic mass is 10.0. The van der Waals surface area contributed by atoms with Crippen LogP contribution in [0, 0.1) is 0 Å². The SMILES string of the molecule is O=CO[C@H]1O[C@@H](O)[C@H](O)[C@@H](O)[C@@H]1O. The molecular formula is C6H10O7. The van der Waals surface area contributed by atoms with Gasteiger partial charge in [0.05, 0.1) is 0 Å². The lowest BCUT2D eigenvalue weighted by Crippen LogP contribution is -2.58. The summed E-state index contributed by atoms with van der Waals surface area (Å²) in [6.07, 6.45) is -7.98. The minimum atomic E-state index is -1.69. The second-order valence-electron chi connectivity index (χ2n) is 2.60. The highest BCUT2D eigenvalue weighted by molar-refractivity contribution is 5.37. The summed E-state index contributed by atoms with van der Waals surface area (Å²) in [5.74, 6) is 0. The van der Waals surface area contributed by atoms with Gasteiger partial charge in [-0.2, -0.15) is 0 Å². The van der Waals surface area contributed by atoms with Gasteiger partial charge in [0.1, 0.15) is 18.3 Å². The van der Waals surface area contributed by atoms with Gasteiger partial charge in [-0.15, -0.1) is 0 Å². The third-order valence-corrected chi connectivity index (χ3v) is 1.73. The van der Waals surface area contributed by atoms with E-state index in [1.807, 2.05) is 0 Å². The molecule has 5 atom stereocenters. The summed E-state index contributed by atoms with van der Waals surface area (Å²) in [7, 11) is 0. The molecule has 0 amide bonds. The Morgan fingerprint density at radius 3 is 2.23 bits per heavy atom. The van der Waals surface area contributed by atoms with Crippen molar-refractivity contribution < 1.29 is 34.7 Å². The molecule has 0 aliphatic carbocycles. The zero-order chi connectivity index (χ0) is 10.0. The zero-order valence-corrected chi connectivity index (χ0v) is 6.48. The van der Waals surface area contributed by atoms with Crippen molar-refractivity contribution in [2.24, 2.45) is 0 Å². The van der Waals surface area contributed by atoms with Gasteiger partial charge in [0.25, 0.3) is 6.47 Å². The first-order chi connectivity index (χ1) is 6.07. The molecule has 0 aromatic heterocycles. The molecule has 1 saturated heterocycles. The molecule has 4 N–H and O–H groups in total. The largest absolute Gasteiger partial charge is 0.435 e. The maximum Gasteiger partial charge on any atom is 0.295 e. The smallest absolute Gasteiger partial charge is 0.295 e. The molecule has 0 radical (unpaired) electrons. The van der Waals surface area contributed by atoms with Crippen LogP contribution in [0.2, 0.25) is 0 Å². The van der Waals surface area contributed by atoms with Crippen molar-refractivity contribution in [3.63, 3.8) is 0 Å². The van der Waals surface area contributed by atoms with Crippen LogP contribution in [0.4, 0.5) is 0 Å². The predicted octanol–water partition coefficient (Wildman–Crippen LogP) is -3.08. The molecule has 7 nitrogen and oxygen atoms in total. The topological polar surface area (TPSA) is 116 Å². The van der Waals surface area contributed by atoms with Gasteiger partial charge >= 0.3 is 0 Å². The van der Waals surface area contributed by atoms with E-state index in [0.717, 1.165) is 0 Å². The molecule has 76 valence electrons. The number of aliphatic hydroxyl groups excluding tert-OH is 4. The van der Waals surface area contributed by atoms with Crippen molar-refractivity contribution in [1.82, 2.24) is 0 Å². The minimum absolute atomic E-state index is 0.00499. The Morgan fingerprint density at radius 2 is 1.69 bits per heavy atom. The molecular weight excluding hydrogens is 184 g/mol. The van der Waals surface area contributed by atoms with Gasteiger partial charge < -0.3 is 29.9 Å². The van der Waals surface area contributed by atoms with E-state index < -0.39 is 30.9 Å². The number of carbonyl (C=O) groups is 1. The number of aliphatic hydroxyl groups is 4. The molecule has 0 unspecified atom stereocenters. The monoisotopic (exact) mass is 194 g/mol. The third-order valence-electron chi connectivity index (χ3n) is 1.73. The summed E-state index contributed by atoms with van der Waals surface area (Å²) in [5, 5.41) is 36.1. The Kier molecular flexibility index (Phi) is 3.17. The summed E-state index contributed by atoms with van der Waals surface area (Å²) in [5.41, 5.74) is 0. The van der Waals surface area contributed by atoms with Gasteiger partial charge in [-0.05, 0) is 0 Å². The summed E-state index contributed by atoms with van der Waals surface area (Å²) < 4.78 is 8.66. The third kappa shape index (κ3) is 1.95. The highest BCUT2D eigenvalue weighted by atomic mass is 16.8. The lowest BCUT2D eigenvalue weighted by Gasteiger charge is -2.36. The van der Waals surface area contributed by atoms with Gasteiger partial charge in [0.2, 0.25) is 6.29 Å². The number of ether oxygens (including phenoxy) is 2. The van der Waals surface area contributed by atoms with E-state index in [2.05, 4.69) is 9.47 Å². The van der Waals surface area contributed by atoms with Gasteiger partial charge in [0.15, 0.2) is 6.29 Å². The van der Waals surface area contributed by atoms with Crippen LogP contribution in [-0.4, -0.2) is 57.8 Å². The number of hydrogen-bond donors (Lipinski definition) is 4. The molecule has 0 aromatic carbocycles. The average Bonchev–Trinajstić information content (AvgIpc) is 2.11. The van der Waals surface area contributed by atoms with Gasteiger partial charge in [-0.1, -0.05) is 0 Å². The van der Waals surface area contributed by atoms with Gasteiger partial charge in [0, 0.05) is 0 Å². The molecule has 1 aliphatic rings. The summed E-state index contributed by atoms with van der Waals surface area (Å²) in [4.78, 5) is 9.87. The highest BCUT2D eigenvalue weighted by Gasteiger charge is 2.44. The molecule has 13 heavy (non-hydrogen) atoms. The van der Waals surface area contributed by atoms with Crippen LogP contribution in [0.5, 0.6) is 0 Å². The normalized spacial score (nSPS) is 45.7. The van der Waals surface area contributed by atoms with E-state index in [4.69, 9.17) is 20.4 Å². The minimum Gasteiger partial charge on any atom is -0.435 e. The van der Waals surface area contributed by atoms with E-state index in [0.29, 0.717) is 0 Å². The first-order valence-electron chi connectivity index (χ1n) is 3.54. The Morgan fingerprint density at radius 1 is 1.08 bits per heavy atom. The van der Waals surface area contributed by atoms with Crippen molar-refractivity contribution >= 4 is 6.47 Å². The molecule has 1 rings (SSSR count). The quantitative estimate of drug-likeness (QED) is 0.344. The Hall–Kier alpha value is -0.730. The molecule has 7 heteroatoms. The summed E-state index contributed by atoms with van der Waals surface area (Å²) >= 11 is 0. The predicted molar refractivity (Wildman–Crippen MR) is 36.0 cm³/mol. The van der Waals surface area contributed by atoms with Crippen LogP contribution in [0.1, 0.15) is 0 Å². The van der Waals surface area contributed by atoms with E-state index in [1.165, 1.54) is 0 Å². The van der Waals surface area contributed by atoms with Crippen molar-refractivity contribution in [3.05, 3.63) is 0 Å². The highest BCUT2D eigenvalue weighted by Crippen LogP contribution is 2.19. The van der Waals surface area contributed by atoms with Crippen LogP contribution in [0.25, 0.3) is 0 Å². The summed E-state index contributed by atoms with van der Waals surface area (Å²) in [6.45, 7) is 0.00499. The standard InChI is InChI=1S/C6H10O7/c7-1-12-6-4(10)2(8)3(9)5(11)13-6/h1-6,8-11H/t2-,3-,4+,5-,6+/m1/s1. The fraction of sp³-hybridized carbons (Fsp3) is 0.833. The van der Waals surface area contributed by atoms with Gasteiger partial charge in [-0.3, -0.25) is 4.79 Å². The fourth-order valence-corrected chi connectivity index (χ4v) is 0.997. The maximum atomic E-state index is 9.87. The molecule has 0 spiro atoms. The van der Waals surface area contributed by atoms with Crippen molar-refractivity contribution in [2.75, 3.05) is 0 Å². The molecule has 1 fully saturated rings. The first kappa shape index (κ1) is 10.4. The molecule has 1 heterocycles. The Balaban J connectivity index is 2.64. The Bertz CT molecular complexity index is 184. The van der Waals surface area contributed by atoms with E-state index in [1.54, 1.807) is 0 Å². The second-order valence-corrected chi connectivity index (χ2v) is 2.60. The Labute approximate surface area is 73.1 Å². The van der Waals surface area contributed by atoms with Crippen LogP contribution in [0.3, 0.4) is 0 Å². The summed E-state index contributed by atoms with van der Waals surface area (Å²) in [6, 6.07) is 0. The van der Waals surface area contributed by atoms with Crippen LogP contribution < -0.4 is 0 Å². The van der Waals surface area contributed by atoms with E-state index in [-0.39, 0.29) is 6.47 Å². The van der Waals surface area contributed by atoms with Crippen LogP contribution in [0.15, 0.2) is 0 Å². The number of rotatable bonds is 2. The number of carbonyl (C=O) groups excluding carboxylic acids is 1. The van der Waals surface area contributed by atoms with E-state index >= 15 is 0 Å². The zero-order valence-electron chi connectivity index (χ0n) is 6.48. The second kappa shape index (κ2) is 3.99. The average molecular weight is 194 g/mol. The van der Waals surface area contributed by atoms with Crippen LogP contribution in [-0.2, 0) is 14.3 Å². The lowest BCUT2D eigenvalue weighted by molar-refractivity contribution is -0.328. The van der Waals surface area contributed by atoms with Gasteiger partial charge in [-0.25, -0.2) is 0 Å². The van der Waals surface area contributed by atoms with Crippen molar-refractivity contribution in [2.45, 2.75) is 30.9 Å².